The molecule has 158 valence electrons. The van der Waals surface area contributed by atoms with Crippen molar-refractivity contribution in [1.29, 1.82) is 0 Å². The molecule has 2 aromatic heterocycles. The number of halogens is 1. The third-order valence-corrected chi connectivity index (χ3v) is 5.01. The third kappa shape index (κ3) is 3.79. The SMILES string of the molecule is O=C(Cn1nc2c(Oc3ccccc3)nc3ccccc3n2c1=O)Nc1ccc(Cl)cc1. The largest absolute Gasteiger partial charge is 0.436 e. The summed E-state index contributed by atoms with van der Waals surface area (Å²) in [6, 6.07) is 23.0. The lowest BCUT2D eigenvalue weighted by molar-refractivity contribution is -0.117. The highest BCUT2D eigenvalue weighted by Crippen LogP contribution is 2.25. The molecule has 8 nitrogen and oxygen atoms in total. The molecule has 0 fully saturated rings. The fourth-order valence-corrected chi connectivity index (χ4v) is 3.44. The number of aromatic nitrogens is 4. The van der Waals surface area contributed by atoms with Crippen LogP contribution in [0.4, 0.5) is 5.69 Å². The Morgan fingerprint density at radius 2 is 1.69 bits per heavy atom. The molecule has 0 aliphatic rings. The summed E-state index contributed by atoms with van der Waals surface area (Å²) in [7, 11) is 0. The highest BCUT2D eigenvalue weighted by molar-refractivity contribution is 6.30. The van der Waals surface area contributed by atoms with Gasteiger partial charge in [-0.3, -0.25) is 4.79 Å². The minimum absolute atomic E-state index is 0.170. The van der Waals surface area contributed by atoms with Gasteiger partial charge in [0.25, 0.3) is 5.88 Å². The number of nitrogens with zero attached hydrogens (tertiary/aromatic N) is 4. The highest BCUT2D eigenvalue weighted by atomic mass is 35.5. The van der Waals surface area contributed by atoms with Crippen molar-refractivity contribution in [1.82, 2.24) is 19.2 Å². The Bertz CT molecular complexity index is 1490. The Balaban J connectivity index is 1.55. The maximum absolute atomic E-state index is 13.2. The zero-order valence-corrected chi connectivity index (χ0v) is 17.4. The van der Waals surface area contributed by atoms with Gasteiger partial charge in [0.05, 0.1) is 11.0 Å². The number of hydrogen-bond donors (Lipinski definition) is 1. The van der Waals surface area contributed by atoms with Crippen LogP contribution in [-0.4, -0.2) is 25.1 Å². The number of ether oxygens (including phenoxy) is 1. The lowest BCUT2D eigenvalue weighted by atomic mass is 10.3. The molecule has 3 aromatic carbocycles. The fraction of sp³-hybridized carbons (Fsp3) is 0.0435. The molecule has 0 bridgehead atoms. The quantitative estimate of drug-likeness (QED) is 0.439. The van der Waals surface area contributed by atoms with Gasteiger partial charge in [0, 0.05) is 10.7 Å². The van der Waals surface area contributed by atoms with Gasteiger partial charge in [0.2, 0.25) is 11.6 Å². The number of hydrogen-bond acceptors (Lipinski definition) is 5. The lowest BCUT2D eigenvalue weighted by Gasteiger charge is -2.07. The van der Waals surface area contributed by atoms with Crippen LogP contribution >= 0.6 is 11.6 Å². The van der Waals surface area contributed by atoms with Gasteiger partial charge in [-0.25, -0.2) is 18.9 Å². The first-order valence-corrected chi connectivity index (χ1v) is 10.1. The molecule has 32 heavy (non-hydrogen) atoms. The predicted molar refractivity (Wildman–Crippen MR) is 121 cm³/mol. The van der Waals surface area contributed by atoms with Crippen molar-refractivity contribution in [2.45, 2.75) is 6.54 Å². The van der Waals surface area contributed by atoms with Crippen LogP contribution < -0.4 is 15.7 Å². The number of para-hydroxylation sites is 3. The van der Waals surface area contributed by atoms with Gasteiger partial charge in [-0.05, 0) is 48.5 Å². The third-order valence-electron chi connectivity index (χ3n) is 4.75. The van der Waals surface area contributed by atoms with Crippen LogP contribution in [0.15, 0.2) is 83.7 Å². The molecule has 1 amide bonds. The van der Waals surface area contributed by atoms with E-state index in [9.17, 15) is 9.59 Å². The Morgan fingerprint density at radius 1 is 0.969 bits per heavy atom. The van der Waals surface area contributed by atoms with E-state index < -0.39 is 11.6 Å². The second-order valence-electron chi connectivity index (χ2n) is 6.98. The fourth-order valence-electron chi connectivity index (χ4n) is 3.31. The van der Waals surface area contributed by atoms with E-state index in [1.54, 1.807) is 54.6 Å². The van der Waals surface area contributed by atoms with Crippen LogP contribution in [0.1, 0.15) is 0 Å². The molecular weight excluding hydrogens is 430 g/mol. The molecule has 0 spiro atoms. The molecule has 9 heteroatoms. The van der Waals surface area contributed by atoms with Crippen molar-refractivity contribution in [3.63, 3.8) is 0 Å². The Kier molecular flexibility index (Phi) is 5.04. The highest BCUT2D eigenvalue weighted by Gasteiger charge is 2.19. The molecule has 5 rings (SSSR count). The molecule has 0 aliphatic carbocycles. The van der Waals surface area contributed by atoms with E-state index in [0.717, 1.165) is 4.68 Å². The molecule has 0 atom stereocenters. The first kappa shape index (κ1) is 19.8. The van der Waals surface area contributed by atoms with Crippen LogP contribution in [0.5, 0.6) is 11.6 Å². The Labute approximate surface area is 186 Å². The number of carbonyl (C=O) groups is 1. The number of nitrogens with one attached hydrogen (secondary N) is 1. The van der Waals surface area contributed by atoms with Crippen LogP contribution in [0.3, 0.4) is 0 Å². The smallest absolute Gasteiger partial charge is 0.351 e. The molecule has 0 saturated heterocycles. The van der Waals surface area contributed by atoms with Crippen molar-refractivity contribution < 1.29 is 9.53 Å². The lowest BCUT2D eigenvalue weighted by Crippen LogP contribution is -2.28. The number of carbonyl (C=O) groups excluding carboxylic acids is 1. The minimum atomic E-state index is -0.470. The Morgan fingerprint density at radius 3 is 2.47 bits per heavy atom. The molecule has 0 saturated carbocycles. The van der Waals surface area contributed by atoms with E-state index in [2.05, 4.69) is 15.4 Å². The van der Waals surface area contributed by atoms with E-state index >= 15 is 0 Å². The summed E-state index contributed by atoms with van der Waals surface area (Å²) in [5.41, 5.74) is 1.45. The summed E-state index contributed by atoms with van der Waals surface area (Å²) in [4.78, 5) is 30.2. The first-order chi connectivity index (χ1) is 15.6. The zero-order chi connectivity index (χ0) is 22.1. The monoisotopic (exact) mass is 445 g/mol. The molecule has 0 unspecified atom stereocenters. The van der Waals surface area contributed by atoms with Crippen molar-refractivity contribution in [2.24, 2.45) is 0 Å². The molecular formula is C23H16ClN5O3. The summed E-state index contributed by atoms with van der Waals surface area (Å²) in [6.07, 6.45) is 0. The molecule has 5 aromatic rings. The van der Waals surface area contributed by atoms with Crippen molar-refractivity contribution in [2.75, 3.05) is 5.32 Å². The number of benzene rings is 3. The summed E-state index contributed by atoms with van der Waals surface area (Å²) in [6.45, 7) is -0.276. The van der Waals surface area contributed by atoms with E-state index in [4.69, 9.17) is 16.3 Å². The topological polar surface area (TPSA) is 90.5 Å². The zero-order valence-electron chi connectivity index (χ0n) is 16.6. The molecule has 0 aliphatic heterocycles. The van der Waals surface area contributed by atoms with Crippen LogP contribution in [0.25, 0.3) is 16.7 Å². The number of amides is 1. The van der Waals surface area contributed by atoms with Crippen LogP contribution in [-0.2, 0) is 11.3 Å². The van der Waals surface area contributed by atoms with Crippen molar-refractivity contribution in [3.8, 4) is 11.6 Å². The maximum Gasteiger partial charge on any atom is 0.351 e. The minimum Gasteiger partial charge on any atom is -0.436 e. The van der Waals surface area contributed by atoms with Gasteiger partial charge in [-0.15, -0.1) is 5.10 Å². The van der Waals surface area contributed by atoms with Crippen LogP contribution in [0, 0.1) is 0 Å². The maximum atomic E-state index is 13.2. The van der Waals surface area contributed by atoms with E-state index in [1.165, 1.54) is 4.40 Å². The average molecular weight is 446 g/mol. The molecule has 1 N–H and O–H groups in total. The van der Waals surface area contributed by atoms with Gasteiger partial charge >= 0.3 is 5.69 Å². The second kappa shape index (κ2) is 8.16. The molecule has 2 heterocycles. The van der Waals surface area contributed by atoms with E-state index in [-0.39, 0.29) is 18.1 Å². The van der Waals surface area contributed by atoms with Gasteiger partial charge in [0.15, 0.2) is 0 Å². The summed E-state index contributed by atoms with van der Waals surface area (Å²) in [5.74, 6) is 0.323. The normalized spacial score (nSPS) is 11.0. The average Bonchev–Trinajstić information content (AvgIpc) is 3.13. The first-order valence-electron chi connectivity index (χ1n) is 9.75. The van der Waals surface area contributed by atoms with Gasteiger partial charge < -0.3 is 10.1 Å². The summed E-state index contributed by atoms with van der Waals surface area (Å²) in [5, 5.41) is 7.64. The van der Waals surface area contributed by atoms with Crippen LogP contribution in [0.2, 0.25) is 5.02 Å². The van der Waals surface area contributed by atoms with Gasteiger partial charge in [0.1, 0.15) is 12.3 Å². The van der Waals surface area contributed by atoms with Gasteiger partial charge in [-0.1, -0.05) is 41.9 Å². The number of anilines is 1. The van der Waals surface area contributed by atoms with Crippen molar-refractivity contribution >= 4 is 39.9 Å². The predicted octanol–water partition coefficient (Wildman–Crippen LogP) is 4.13. The van der Waals surface area contributed by atoms with Gasteiger partial charge in [-0.2, -0.15) is 0 Å². The Hall–Kier alpha value is -4.17. The number of rotatable bonds is 5. The number of fused-ring (bicyclic) bond motifs is 3. The summed E-state index contributed by atoms with van der Waals surface area (Å²) >= 11 is 5.88. The molecule has 0 radical (unpaired) electrons. The van der Waals surface area contributed by atoms with E-state index in [0.29, 0.717) is 27.5 Å². The standard InChI is InChI=1S/C23H16ClN5O3/c24-15-10-12-16(13-11-15)25-20(30)14-28-23(31)29-19-9-5-4-8-18(19)26-22(21(29)27-28)32-17-6-2-1-3-7-17/h1-13H,14H2,(H,25,30). The second-order valence-corrected chi connectivity index (χ2v) is 7.41. The summed E-state index contributed by atoms with van der Waals surface area (Å²) < 4.78 is 8.41. The van der Waals surface area contributed by atoms with E-state index in [1.807, 2.05) is 24.3 Å². The van der Waals surface area contributed by atoms with Crippen molar-refractivity contribution in [3.05, 3.63) is 94.4 Å².